The van der Waals surface area contributed by atoms with Crippen molar-refractivity contribution in [3.05, 3.63) is 16.4 Å². The predicted molar refractivity (Wildman–Crippen MR) is 56.1 cm³/mol. The van der Waals surface area contributed by atoms with E-state index in [0.29, 0.717) is 6.42 Å². The first-order valence-corrected chi connectivity index (χ1v) is 5.28. The van der Waals surface area contributed by atoms with Gasteiger partial charge < -0.3 is 5.11 Å². The van der Waals surface area contributed by atoms with E-state index < -0.39 is 5.97 Å². The van der Waals surface area contributed by atoms with Gasteiger partial charge in [-0.2, -0.15) is 5.10 Å². The fraction of sp³-hybridized carbons (Fsp3) is 0.556. The van der Waals surface area contributed by atoms with Crippen LogP contribution in [0, 0.1) is 5.92 Å². The number of hydrogen-bond acceptors (Lipinski definition) is 2. The third-order valence-electron chi connectivity index (χ3n) is 2.09. The number of hydrogen-bond donors (Lipinski definition) is 1. The SMILES string of the molecule is CCn1ncc(CC(C)C(=O)O)c1Br. The Morgan fingerprint density at radius 3 is 2.86 bits per heavy atom. The van der Waals surface area contributed by atoms with Crippen molar-refractivity contribution in [1.82, 2.24) is 9.78 Å². The van der Waals surface area contributed by atoms with E-state index >= 15 is 0 Å². The van der Waals surface area contributed by atoms with Crippen LogP contribution in [0.3, 0.4) is 0 Å². The summed E-state index contributed by atoms with van der Waals surface area (Å²) in [6.07, 6.45) is 2.23. The first kappa shape index (κ1) is 11.2. The lowest BCUT2D eigenvalue weighted by atomic mass is 10.0. The Kier molecular flexibility index (Phi) is 3.69. The third-order valence-corrected chi connectivity index (χ3v) is 3.01. The number of rotatable bonds is 4. The zero-order valence-electron chi connectivity index (χ0n) is 8.20. The second-order valence-corrected chi connectivity index (χ2v) is 3.97. The quantitative estimate of drug-likeness (QED) is 0.900. The summed E-state index contributed by atoms with van der Waals surface area (Å²) in [5.41, 5.74) is 0.946. The predicted octanol–water partition coefficient (Wildman–Crippen LogP) is 1.93. The molecule has 0 aliphatic carbocycles. The summed E-state index contributed by atoms with van der Waals surface area (Å²) >= 11 is 3.40. The highest BCUT2D eigenvalue weighted by molar-refractivity contribution is 9.10. The average molecular weight is 261 g/mol. The molecule has 1 atom stereocenters. The van der Waals surface area contributed by atoms with Gasteiger partial charge in [-0.05, 0) is 29.3 Å². The lowest BCUT2D eigenvalue weighted by Gasteiger charge is -2.04. The molecule has 14 heavy (non-hydrogen) atoms. The molecule has 1 aromatic rings. The van der Waals surface area contributed by atoms with Gasteiger partial charge in [0.15, 0.2) is 0 Å². The van der Waals surface area contributed by atoms with Crippen molar-refractivity contribution in [3.63, 3.8) is 0 Å². The van der Waals surface area contributed by atoms with Gasteiger partial charge in [-0.3, -0.25) is 9.48 Å². The van der Waals surface area contributed by atoms with E-state index in [4.69, 9.17) is 5.11 Å². The minimum atomic E-state index is -0.777. The van der Waals surface area contributed by atoms with Crippen LogP contribution in [0.1, 0.15) is 19.4 Å². The number of carboxylic acid groups (broad SMARTS) is 1. The van der Waals surface area contributed by atoms with Crippen molar-refractivity contribution in [3.8, 4) is 0 Å². The molecule has 0 fully saturated rings. The van der Waals surface area contributed by atoms with Gasteiger partial charge in [-0.25, -0.2) is 0 Å². The van der Waals surface area contributed by atoms with Gasteiger partial charge in [-0.1, -0.05) is 6.92 Å². The van der Waals surface area contributed by atoms with Crippen LogP contribution < -0.4 is 0 Å². The van der Waals surface area contributed by atoms with Crippen molar-refractivity contribution in [2.45, 2.75) is 26.8 Å². The average Bonchev–Trinajstić information content (AvgIpc) is 2.47. The fourth-order valence-corrected chi connectivity index (χ4v) is 1.79. The Bertz CT molecular complexity index is 336. The maximum absolute atomic E-state index is 10.6. The molecule has 78 valence electrons. The van der Waals surface area contributed by atoms with Gasteiger partial charge in [0, 0.05) is 12.1 Å². The molecular formula is C9H13BrN2O2. The fourth-order valence-electron chi connectivity index (χ4n) is 1.18. The Labute approximate surface area is 91.1 Å². The van der Waals surface area contributed by atoms with Crippen LogP contribution in [0.2, 0.25) is 0 Å². The zero-order chi connectivity index (χ0) is 10.7. The normalized spacial score (nSPS) is 12.8. The minimum absolute atomic E-state index is 0.374. The van der Waals surface area contributed by atoms with Crippen LogP contribution in [0.15, 0.2) is 10.8 Å². The molecule has 0 bridgehead atoms. The lowest BCUT2D eigenvalue weighted by molar-refractivity contribution is -0.141. The van der Waals surface area contributed by atoms with E-state index in [9.17, 15) is 4.79 Å². The lowest BCUT2D eigenvalue weighted by Crippen LogP contribution is -2.12. The molecule has 1 rings (SSSR count). The molecule has 5 heteroatoms. The molecule has 0 radical (unpaired) electrons. The topological polar surface area (TPSA) is 55.1 Å². The molecule has 0 saturated carbocycles. The van der Waals surface area contributed by atoms with Gasteiger partial charge in [-0.15, -0.1) is 0 Å². The number of carboxylic acids is 1. The molecule has 4 nitrogen and oxygen atoms in total. The van der Waals surface area contributed by atoms with Gasteiger partial charge in [0.1, 0.15) is 4.60 Å². The second-order valence-electron chi connectivity index (χ2n) is 3.22. The van der Waals surface area contributed by atoms with Crippen LogP contribution >= 0.6 is 15.9 Å². The summed E-state index contributed by atoms with van der Waals surface area (Å²) < 4.78 is 2.68. The van der Waals surface area contributed by atoms with E-state index in [-0.39, 0.29) is 5.92 Å². The van der Waals surface area contributed by atoms with E-state index in [0.717, 1.165) is 16.7 Å². The van der Waals surface area contributed by atoms with Gasteiger partial charge in [0.05, 0.1) is 12.1 Å². The minimum Gasteiger partial charge on any atom is -0.481 e. The number of halogens is 1. The summed E-state index contributed by atoms with van der Waals surface area (Å²) in [6.45, 7) is 4.46. The highest BCUT2D eigenvalue weighted by Gasteiger charge is 2.15. The molecular weight excluding hydrogens is 248 g/mol. The van der Waals surface area contributed by atoms with Crippen LogP contribution in [-0.4, -0.2) is 20.9 Å². The second kappa shape index (κ2) is 4.59. The van der Waals surface area contributed by atoms with Crippen LogP contribution in [-0.2, 0) is 17.8 Å². The zero-order valence-corrected chi connectivity index (χ0v) is 9.78. The van der Waals surface area contributed by atoms with E-state index in [2.05, 4.69) is 21.0 Å². The Hall–Kier alpha value is -0.840. The molecule has 1 N–H and O–H groups in total. The Morgan fingerprint density at radius 1 is 1.79 bits per heavy atom. The molecule has 1 heterocycles. The number of carbonyl (C=O) groups is 1. The van der Waals surface area contributed by atoms with Crippen LogP contribution in [0.4, 0.5) is 0 Å². The highest BCUT2D eigenvalue weighted by Crippen LogP contribution is 2.19. The van der Waals surface area contributed by atoms with Crippen LogP contribution in [0.5, 0.6) is 0 Å². The summed E-state index contributed by atoms with van der Waals surface area (Å²) in [7, 11) is 0. The van der Waals surface area contributed by atoms with Crippen molar-refractivity contribution in [1.29, 1.82) is 0 Å². The standard InChI is InChI=1S/C9H13BrN2O2/c1-3-12-8(10)7(5-11-12)4-6(2)9(13)14/h5-6H,3-4H2,1-2H3,(H,13,14). The Balaban J connectivity index is 2.77. The summed E-state index contributed by atoms with van der Waals surface area (Å²) in [4.78, 5) is 10.6. The largest absolute Gasteiger partial charge is 0.481 e. The van der Waals surface area contributed by atoms with Crippen molar-refractivity contribution >= 4 is 21.9 Å². The van der Waals surface area contributed by atoms with Crippen molar-refractivity contribution in [2.24, 2.45) is 5.92 Å². The smallest absolute Gasteiger partial charge is 0.306 e. The monoisotopic (exact) mass is 260 g/mol. The highest BCUT2D eigenvalue weighted by atomic mass is 79.9. The molecule has 0 saturated heterocycles. The number of nitrogens with zero attached hydrogens (tertiary/aromatic N) is 2. The van der Waals surface area contributed by atoms with E-state index in [1.807, 2.05) is 6.92 Å². The molecule has 0 aliphatic heterocycles. The van der Waals surface area contributed by atoms with Crippen molar-refractivity contribution < 1.29 is 9.90 Å². The molecule has 1 aromatic heterocycles. The summed E-state index contributed by atoms with van der Waals surface area (Å²) in [5.74, 6) is -1.15. The summed E-state index contributed by atoms with van der Waals surface area (Å²) in [5, 5.41) is 12.9. The third kappa shape index (κ3) is 2.35. The number of aryl methyl sites for hydroxylation is 1. The van der Waals surface area contributed by atoms with E-state index in [1.165, 1.54) is 0 Å². The van der Waals surface area contributed by atoms with Crippen molar-refractivity contribution in [2.75, 3.05) is 0 Å². The molecule has 0 amide bonds. The molecule has 0 aromatic carbocycles. The summed E-state index contributed by atoms with van der Waals surface area (Å²) in [6, 6.07) is 0. The van der Waals surface area contributed by atoms with E-state index in [1.54, 1.807) is 17.8 Å². The first-order valence-electron chi connectivity index (χ1n) is 4.49. The van der Waals surface area contributed by atoms with Gasteiger partial charge >= 0.3 is 5.97 Å². The number of aromatic nitrogens is 2. The molecule has 0 aliphatic rings. The molecule has 1 unspecified atom stereocenters. The molecule has 0 spiro atoms. The maximum Gasteiger partial charge on any atom is 0.306 e. The Morgan fingerprint density at radius 2 is 2.43 bits per heavy atom. The van der Waals surface area contributed by atoms with Gasteiger partial charge in [0.25, 0.3) is 0 Å². The first-order chi connectivity index (χ1) is 6.56. The maximum atomic E-state index is 10.6. The van der Waals surface area contributed by atoms with Gasteiger partial charge in [0.2, 0.25) is 0 Å². The number of aliphatic carboxylic acids is 1. The van der Waals surface area contributed by atoms with Crippen LogP contribution in [0.25, 0.3) is 0 Å².